The van der Waals surface area contributed by atoms with E-state index in [0.717, 1.165) is 19.7 Å². The average Bonchev–Trinajstić information content (AvgIpc) is 2.89. The molecule has 3 rings (SSSR count). The first-order chi connectivity index (χ1) is 11.1. The lowest BCUT2D eigenvalue weighted by atomic mass is 9.83. The van der Waals surface area contributed by atoms with E-state index in [4.69, 9.17) is 9.47 Å². The predicted octanol–water partition coefficient (Wildman–Crippen LogP) is 2.91. The van der Waals surface area contributed by atoms with E-state index in [0.29, 0.717) is 18.2 Å². The molecule has 0 N–H and O–H groups in total. The molecule has 1 spiro atoms. The molecule has 0 radical (unpaired) electrons. The molecule has 3 aliphatic rings. The molecule has 2 heterocycles. The molecule has 1 saturated carbocycles. The maximum absolute atomic E-state index is 6.58. The Morgan fingerprint density at radius 2 is 1.74 bits per heavy atom. The number of rotatable bonds is 5. The monoisotopic (exact) mass is 324 g/mol. The highest BCUT2D eigenvalue weighted by molar-refractivity contribution is 4.93. The molecule has 0 aromatic heterocycles. The van der Waals surface area contributed by atoms with Gasteiger partial charge in [0.1, 0.15) is 0 Å². The van der Waals surface area contributed by atoms with Gasteiger partial charge in [0, 0.05) is 45.4 Å². The van der Waals surface area contributed by atoms with Gasteiger partial charge in [-0.1, -0.05) is 19.3 Å². The number of piperazine rings is 1. The second-order valence-corrected chi connectivity index (χ2v) is 8.17. The molecular formula is C19H36N2O2. The van der Waals surface area contributed by atoms with Crippen molar-refractivity contribution in [3.05, 3.63) is 0 Å². The van der Waals surface area contributed by atoms with Crippen LogP contribution in [0.4, 0.5) is 0 Å². The van der Waals surface area contributed by atoms with Crippen molar-refractivity contribution in [1.82, 2.24) is 9.80 Å². The Balaban J connectivity index is 1.48. The maximum Gasteiger partial charge on any atom is 0.0710 e. The van der Waals surface area contributed by atoms with E-state index in [9.17, 15) is 0 Å². The fraction of sp³-hybridized carbons (Fsp3) is 1.00. The van der Waals surface area contributed by atoms with Gasteiger partial charge in [0.15, 0.2) is 0 Å². The Bertz CT molecular complexity index is 358. The predicted molar refractivity (Wildman–Crippen MR) is 93.9 cm³/mol. The Hall–Kier alpha value is -0.160. The molecule has 2 saturated heterocycles. The van der Waals surface area contributed by atoms with Gasteiger partial charge in [0.25, 0.3) is 0 Å². The molecule has 0 aromatic carbocycles. The summed E-state index contributed by atoms with van der Waals surface area (Å²) in [5.74, 6) is 0. The lowest BCUT2D eigenvalue weighted by Gasteiger charge is -2.45. The largest absolute Gasteiger partial charge is 0.383 e. The van der Waals surface area contributed by atoms with Crippen LogP contribution in [0.3, 0.4) is 0 Å². The highest BCUT2D eigenvalue weighted by Crippen LogP contribution is 2.42. The second kappa shape index (κ2) is 7.81. The number of nitrogens with zero attached hydrogens (tertiary/aromatic N) is 2. The van der Waals surface area contributed by atoms with Crippen LogP contribution in [-0.2, 0) is 9.47 Å². The summed E-state index contributed by atoms with van der Waals surface area (Å²) < 4.78 is 11.8. The minimum absolute atomic E-state index is 0.264. The zero-order valence-electron chi connectivity index (χ0n) is 15.4. The quantitative estimate of drug-likeness (QED) is 0.776. The molecule has 2 aliphatic heterocycles. The highest BCUT2D eigenvalue weighted by atomic mass is 16.5. The van der Waals surface area contributed by atoms with Gasteiger partial charge in [0.05, 0.1) is 18.3 Å². The van der Waals surface area contributed by atoms with Crippen molar-refractivity contribution in [2.45, 2.75) is 82.6 Å². The molecule has 3 atom stereocenters. The first kappa shape index (κ1) is 17.7. The Labute approximate surface area is 142 Å². The van der Waals surface area contributed by atoms with E-state index >= 15 is 0 Å². The molecule has 4 heteroatoms. The van der Waals surface area contributed by atoms with Crippen molar-refractivity contribution in [2.75, 3.05) is 39.9 Å². The third-order valence-electron chi connectivity index (χ3n) is 6.30. The summed E-state index contributed by atoms with van der Waals surface area (Å²) in [6.07, 6.45) is 9.82. The molecule has 23 heavy (non-hydrogen) atoms. The van der Waals surface area contributed by atoms with Crippen LogP contribution in [0.5, 0.6) is 0 Å². The van der Waals surface area contributed by atoms with E-state index in [1.54, 1.807) is 7.11 Å². The van der Waals surface area contributed by atoms with Gasteiger partial charge in [-0.05, 0) is 39.5 Å². The van der Waals surface area contributed by atoms with Crippen molar-refractivity contribution in [1.29, 1.82) is 0 Å². The standard InChI is InChI=1S/C19H36N2O2/c1-16-13-20(14-17(2)21(16)11-12-22-3)15-18-7-10-19(23-18)8-5-4-6-9-19/h16-18H,4-15H2,1-3H3/t16-,17+,18-/m1/s1. The molecule has 0 bridgehead atoms. The van der Waals surface area contributed by atoms with Gasteiger partial charge in [-0.2, -0.15) is 0 Å². The minimum Gasteiger partial charge on any atom is -0.383 e. The fourth-order valence-corrected chi connectivity index (χ4v) is 5.13. The minimum atomic E-state index is 0.264. The van der Waals surface area contributed by atoms with Gasteiger partial charge in [-0.15, -0.1) is 0 Å². The summed E-state index contributed by atoms with van der Waals surface area (Å²) in [7, 11) is 1.80. The molecule has 0 aromatic rings. The van der Waals surface area contributed by atoms with Crippen molar-refractivity contribution in [3.63, 3.8) is 0 Å². The maximum atomic E-state index is 6.58. The molecular weight excluding hydrogens is 288 g/mol. The summed E-state index contributed by atoms with van der Waals surface area (Å²) in [6, 6.07) is 1.22. The van der Waals surface area contributed by atoms with E-state index in [1.165, 1.54) is 58.0 Å². The van der Waals surface area contributed by atoms with Crippen LogP contribution in [0.2, 0.25) is 0 Å². The lowest BCUT2D eigenvalue weighted by Crippen LogP contribution is -2.58. The zero-order chi connectivity index (χ0) is 16.3. The van der Waals surface area contributed by atoms with Crippen molar-refractivity contribution >= 4 is 0 Å². The van der Waals surface area contributed by atoms with Crippen molar-refractivity contribution < 1.29 is 9.47 Å². The Morgan fingerprint density at radius 3 is 2.39 bits per heavy atom. The Morgan fingerprint density at radius 1 is 1.04 bits per heavy atom. The molecule has 0 unspecified atom stereocenters. The zero-order valence-corrected chi connectivity index (χ0v) is 15.4. The van der Waals surface area contributed by atoms with Crippen molar-refractivity contribution in [3.8, 4) is 0 Å². The number of methoxy groups -OCH3 is 1. The van der Waals surface area contributed by atoms with Gasteiger partial charge >= 0.3 is 0 Å². The molecule has 0 amide bonds. The summed E-state index contributed by atoms with van der Waals surface area (Å²) >= 11 is 0. The summed E-state index contributed by atoms with van der Waals surface area (Å²) in [6.45, 7) is 10.1. The van der Waals surface area contributed by atoms with Crippen LogP contribution in [0, 0.1) is 0 Å². The number of hydrogen-bond acceptors (Lipinski definition) is 4. The first-order valence-corrected chi connectivity index (χ1v) is 9.77. The summed E-state index contributed by atoms with van der Waals surface area (Å²) in [5.41, 5.74) is 0.264. The van der Waals surface area contributed by atoms with Crippen LogP contribution in [-0.4, -0.2) is 73.5 Å². The van der Waals surface area contributed by atoms with E-state index in [1.807, 2.05) is 0 Å². The normalized spacial score (nSPS) is 35.9. The number of ether oxygens (including phenoxy) is 2. The fourth-order valence-electron chi connectivity index (χ4n) is 5.13. The third-order valence-corrected chi connectivity index (χ3v) is 6.30. The summed E-state index contributed by atoms with van der Waals surface area (Å²) in [5, 5.41) is 0. The smallest absolute Gasteiger partial charge is 0.0710 e. The van der Waals surface area contributed by atoms with Crippen LogP contribution < -0.4 is 0 Å². The molecule has 3 fully saturated rings. The van der Waals surface area contributed by atoms with Gasteiger partial charge in [0.2, 0.25) is 0 Å². The third kappa shape index (κ3) is 4.28. The second-order valence-electron chi connectivity index (χ2n) is 8.17. The summed E-state index contributed by atoms with van der Waals surface area (Å²) in [4.78, 5) is 5.24. The average molecular weight is 325 g/mol. The molecule has 1 aliphatic carbocycles. The van der Waals surface area contributed by atoms with Gasteiger partial charge in [-0.3, -0.25) is 9.80 Å². The van der Waals surface area contributed by atoms with E-state index < -0.39 is 0 Å². The van der Waals surface area contributed by atoms with Crippen molar-refractivity contribution in [2.24, 2.45) is 0 Å². The molecule has 4 nitrogen and oxygen atoms in total. The number of hydrogen-bond donors (Lipinski definition) is 0. The topological polar surface area (TPSA) is 24.9 Å². The van der Waals surface area contributed by atoms with Gasteiger partial charge in [-0.25, -0.2) is 0 Å². The van der Waals surface area contributed by atoms with Crippen LogP contribution in [0.15, 0.2) is 0 Å². The molecule has 134 valence electrons. The van der Waals surface area contributed by atoms with Gasteiger partial charge < -0.3 is 9.47 Å². The SMILES string of the molecule is COCCN1[C@H](C)CN(C[C@H]2CCC3(CCCCC3)O2)C[C@@H]1C. The van der Waals surface area contributed by atoms with Crippen LogP contribution >= 0.6 is 0 Å². The van der Waals surface area contributed by atoms with E-state index in [2.05, 4.69) is 23.6 Å². The first-order valence-electron chi connectivity index (χ1n) is 9.77. The van der Waals surface area contributed by atoms with Crippen LogP contribution in [0.25, 0.3) is 0 Å². The van der Waals surface area contributed by atoms with Crippen LogP contribution in [0.1, 0.15) is 58.8 Å². The Kier molecular flexibility index (Phi) is 6.00. The lowest BCUT2D eigenvalue weighted by molar-refractivity contribution is -0.0797. The highest BCUT2D eigenvalue weighted by Gasteiger charge is 2.41. The van der Waals surface area contributed by atoms with E-state index in [-0.39, 0.29) is 5.60 Å².